The molecule has 0 saturated heterocycles. The SMILES string of the molecule is CNC(=O)n1ncc2nccc(Nc3nc(-c4cc(Cl)ccc4F)ncc3C)c21. The quantitative estimate of drug-likeness (QED) is 0.530. The fourth-order valence-corrected chi connectivity index (χ4v) is 2.99. The molecule has 4 rings (SSSR count). The van der Waals surface area contributed by atoms with E-state index in [1.165, 1.54) is 36.1 Å². The number of amides is 1. The molecule has 0 aliphatic carbocycles. The van der Waals surface area contributed by atoms with Crippen molar-refractivity contribution in [1.29, 1.82) is 0 Å². The number of nitrogens with zero attached hydrogens (tertiary/aromatic N) is 5. The molecule has 0 bridgehead atoms. The topological polar surface area (TPSA) is 97.6 Å². The van der Waals surface area contributed by atoms with Crippen LogP contribution in [0.4, 0.5) is 20.7 Å². The first-order chi connectivity index (χ1) is 14.0. The third-order valence-corrected chi connectivity index (χ3v) is 4.50. The van der Waals surface area contributed by atoms with Crippen LogP contribution in [0.3, 0.4) is 0 Å². The zero-order valence-electron chi connectivity index (χ0n) is 15.4. The van der Waals surface area contributed by atoms with E-state index in [2.05, 4.69) is 30.7 Å². The van der Waals surface area contributed by atoms with Crippen LogP contribution in [0.25, 0.3) is 22.4 Å². The zero-order valence-corrected chi connectivity index (χ0v) is 16.2. The Balaban J connectivity index is 1.80. The van der Waals surface area contributed by atoms with Crippen LogP contribution in [0.2, 0.25) is 5.02 Å². The Hall–Kier alpha value is -3.59. The summed E-state index contributed by atoms with van der Waals surface area (Å²) in [6.45, 7) is 1.81. The molecule has 0 radical (unpaired) electrons. The molecule has 146 valence electrons. The van der Waals surface area contributed by atoms with E-state index < -0.39 is 11.8 Å². The Morgan fingerprint density at radius 3 is 2.83 bits per heavy atom. The molecular weight excluding hydrogens is 397 g/mol. The molecule has 29 heavy (non-hydrogen) atoms. The number of fused-ring (bicyclic) bond motifs is 1. The van der Waals surface area contributed by atoms with E-state index in [-0.39, 0.29) is 11.4 Å². The molecule has 0 aliphatic rings. The van der Waals surface area contributed by atoms with Crippen LogP contribution in [0.15, 0.2) is 42.9 Å². The predicted molar refractivity (Wildman–Crippen MR) is 108 cm³/mol. The minimum absolute atomic E-state index is 0.184. The normalized spacial score (nSPS) is 10.9. The van der Waals surface area contributed by atoms with Gasteiger partial charge in [-0.3, -0.25) is 4.98 Å². The van der Waals surface area contributed by atoms with Crippen LogP contribution in [0, 0.1) is 12.7 Å². The van der Waals surface area contributed by atoms with Crippen molar-refractivity contribution in [2.75, 3.05) is 12.4 Å². The number of carbonyl (C=O) groups is 1. The summed E-state index contributed by atoms with van der Waals surface area (Å²) >= 11 is 5.99. The number of pyridine rings is 1. The largest absolute Gasteiger partial charge is 0.342 e. The summed E-state index contributed by atoms with van der Waals surface area (Å²) in [6, 6.07) is 5.49. The first-order valence-electron chi connectivity index (χ1n) is 8.59. The number of halogens is 2. The summed E-state index contributed by atoms with van der Waals surface area (Å²) in [7, 11) is 1.51. The van der Waals surface area contributed by atoms with Crippen molar-refractivity contribution in [3.05, 3.63) is 59.3 Å². The lowest BCUT2D eigenvalue weighted by Gasteiger charge is -2.12. The maximum atomic E-state index is 14.2. The molecule has 0 atom stereocenters. The van der Waals surface area contributed by atoms with Crippen LogP contribution in [-0.4, -0.2) is 37.8 Å². The van der Waals surface area contributed by atoms with Crippen molar-refractivity contribution >= 4 is 40.2 Å². The molecule has 0 saturated carbocycles. The number of hydrogen-bond acceptors (Lipinski definition) is 6. The number of aromatic nitrogens is 5. The lowest BCUT2D eigenvalue weighted by atomic mass is 10.2. The van der Waals surface area contributed by atoms with E-state index in [9.17, 15) is 9.18 Å². The van der Waals surface area contributed by atoms with Crippen LogP contribution in [0.1, 0.15) is 5.56 Å². The number of aryl methyl sites for hydroxylation is 1. The van der Waals surface area contributed by atoms with Gasteiger partial charge < -0.3 is 10.6 Å². The van der Waals surface area contributed by atoms with E-state index in [4.69, 9.17) is 11.6 Å². The summed E-state index contributed by atoms with van der Waals surface area (Å²) in [5.74, 6) is 0.155. The summed E-state index contributed by atoms with van der Waals surface area (Å²) in [6.07, 6.45) is 4.67. The van der Waals surface area contributed by atoms with Crippen molar-refractivity contribution in [2.45, 2.75) is 6.92 Å². The average Bonchev–Trinajstić information content (AvgIpc) is 3.16. The molecule has 0 fully saturated rings. The highest BCUT2D eigenvalue weighted by Gasteiger charge is 2.16. The highest BCUT2D eigenvalue weighted by Crippen LogP contribution is 2.28. The second kappa shape index (κ2) is 7.44. The van der Waals surface area contributed by atoms with Gasteiger partial charge in [0.25, 0.3) is 0 Å². The van der Waals surface area contributed by atoms with E-state index in [0.717, 1.165) is 5.56 Å². The number of hydrogen-bond donors (Lipinski definition) is 2. The van der Waals surface area contributed by atoms with Gasteiger partial charge in [0.05, 0.1) is 17.4 Å². The van der Waals surface area contributed by atoms with E-state index in [0.29, 0.717) is 27.6 Å². The molecule has 0 spiro atoms. The molecule has 0 aliphatic heterocycles. The Morgan fingerprint density at radius 1 is 1.21 bits per heavy atom. The highest BCUT2D eigenvalue weighted by molar-refractivity contribution is 6.30. The van der Waals surface area contributed by atoms with E-state index in [1.807, 2.05) is 6.92 Å². The summed E-state index contributed by atoms with van der Waals surface area (Å²) in [5, 5.41) is 10.2. The van der Waals surface area contributed by atoms with Gasteiger partial charge in [-0.15, -0.1) is 0 Å². The van der Waals surface area contributed by atoms with Crippen LogP contribution < -0.4 is 10.6 Å². The fraction of sp³-hybridized carbons (Fsp3) is 0.105. The van der Waals surface area contributed by atoms with Gasteiger partial charge in [0.15, 0.2) is 5.82 Å². The van der Waals surface area contributed by atoms with Gasteiger partial charge in [0.1, 0.15) is 22.7 Å². The van der Waals surface area contributed by atoms with Crippen LogP contribution in [-0.2, 0) is 0 Å². The minimum Gasteiger partial charge on any atom is -0.339 e. The number of nitrogens with one attached hydrogen (secondary N) is 2. The Kier molecular flexibility index (Phi) is 4.81. The second-order valence-corrected chi connectivity index (χ2v) is 6.61. The number of carbonyl (C=O) groups excluding carboxylic acids is 1. The molecule has 1 amide bonds. The standard InChI is InChI=1S/C19H15ClFN7O/c1-10-8-24-18(12-7-11(20)3-4-13(12)21)27-17(10)26-14-5-6-23-15-9-25-28(16(14)15)19(29)22-2/h3-9H,1-2H3,(H,22,29)(H,23,24,26,27). The van der Waals surface area contributed by atoms with Crippen molar-refractivity contribution in [3.63, 3.8) is 0 Å². The molecule has 3 heterocycles. The molecule has 0 unspecified atom stereocenters. The Bertz CT molecular complexity index is 1240. The van der Waals surface area contributed by atoms with Crippen molar-refractivity contribution < 1.29 is 9.18 Å². The molecular formula is C19H15ClFN7O. The van der Waals surface area contributed by atoms with Crippen molar-refractivity contribution in [3.8, 4) is 11.4 Å². The summed E-state index contributed by atoms with van der Waals surface area (Å²) in [5.41, 5.74) is 2.50. The zero-order chi connectivity index (χ0) is 20.5. The summed E-state index contributed by atoms with van der Waals surface area (Å²) < 4.78 is 15.4. The molecule has 2 N–H and O–H groups in total. The van der Waals surface area contributed by atoms with Crippen molar-refractivity contribution in [1.82, 2.24) is 30.0 Å². The van der Waals surface area contributed by atoms with Gasteiger partial charge in [0, 0.05) is 30.0 Å². The number of rotatable bonds is 3. The van der Waals surface area contributed by atoms with Crippen molar-refractivity contribution in [2.24, 2.45) is 0 Å². The Labute approximate surface area is 169 Å². The smallest absolute Gasteiger partial charge is 0.339 e. The highest BCUT2D eigenvalue weighted by atomic mass is 35.5. The van der Waals surface area contributed by atoms with Crippen LogP contribution in [0.5, 0.6) is 0 Å². The lowest BCUT2D eigenvalue weighted by Crippen LogP contribution is -2.25. The van der Waals surface area contributed by atoms with Gasteiger partial charge >= 0.3 is 6.03 Å². The first-order valence-corrected chi connectivity index (χ1v) is 8.96. The maximum absolute atomic E-state index is 14.2. The van der Waals surface area contributed by atoms with Gasteiger partial charge in [-0.25, -0.2) is 19.2 Å². The van der Waals surface area contributed by atoms with Crippen LogP contribution >= 0.6 is 11.6 Å². The van der Waals surface area contributed by atoms with E-state index in [1.54, 1.807) is 18.5 Å². The second-order valence-electron chi connectivity index (χ2n) is 6.18. The average molecular weight is 412 g/mol. The number of anilines is 2. The molecule has 10 heteroatoms. The van der Waals surface area contributed by atoms with Gasteiger partial charge in [0.2, 0.25) is 0 Å². The third kappa shape index (κ3) is 3.47. The molecule has 3 aromatic heterocycles. The van der Waals surface area contributed by atoms with Gasteiger partial charge in [-0.2, -0.15) is 9.78 Å². The van der Waals surface area contributed by atoms with Gasteiger partial charge in [-0.1, -0.05) is 11.6 Å². The predicted octanol–water partition coefficient (Wildman–Crippen LogP) is 3.92. The lowest BCUT2D eigenvalue weighted by molar-refractivity contribution is 0.242. The monoisotopic (exact) mass is 411 g/mol. The first kappa shape index (κ1) is 18.8. The maximum Gasteiger partial charge on any atom is 0.342 e. The Morgan fingerprint density at radius 2 is 2.03 bits per heavy atom. The fourth-order valence-electron chi connectivity index (χ4n) is 2.81. The van der Waals surface area contributed by atoms with Gasteiger partial charge in [-0.05, 0) is 31.2 Å². The molecule has 8 nitrogen and oxygen atoms in total. The van der Waals surface area contributed by atoms with E-state index >= 15 is 0 Å². The molecule has 1 aromatic carbocycles. The minimum atomic E-state index is -0.479. The summed E-state index contributed by atoms with van der Waals surface area (Å²) in [4.78, 5) is 25.0. The molecule has 4 aromatic rings. The third-order valence-electron chi connectivity index (χ3n) is 4.26. The number of benzene rings is 1.